The quantitative estimate of drug-likeness (QED) is 0.786. The van der Waals surface area contributed by atoms with Crippen molar-refractivity contribution < 1.29 is 18.3 Å². The van der Waals surface area contributed by atoms with Crippen LogP contribution < -0.4 is 11.2 Å². The van der Waals surface area contributed by atoms with Gasteiger partial charge in [-0.15, -0.1) is 0 Å². The molecule has 0 bridgehead atoms. The molecule has 2 rings (SSSR count). The predicted octanol–water partition coefficient (Wildman–Crippen LogP) is 1.43. The van der Waals surface area contributed by atoms with Crippen LogP contribution in [0.3, 0.4) is 0 Å². The Bertz CT molecular complexity index is 923. The minimum Gasteiger partial charge on any atom is -0.382 e. The Labute approximate surface area is 133 Å². The Kier molecular flexibility index (Phi) is 4.61. The number of hydrogen-bond donors (Lipinski definition) is 3. The summed E-state index contributed by atoms with van der Waals surface area (Å²) in [5.41, 5.74) is -2.71. The highest BCUT2D eigenvalue weighted by atomic mass is 19.4. The normalized spacial score (nSPS) is 12.7. The number of aromatic nitrogens is 2. The lowest BCUT2D eigenvalue weighted by Gasteiger charge is -2.16. The minimum atomic E-state index is -4.70. The summed E-state index contributed by atoms with van der Waals surface area (Å²) in [4.78, 5) is 26.9. The molecule has 0 aliphatic rings. The van der Waals surface area contributed by atoms with Crippen LogP contribution in [0.15, 0.2) is 27.8 Å². The van der Waals surface area contributed by atoms with Gasteiger partial charge in [0.1, 0.15) is 6.10 Å². The van der Waals surface area contributed by atoms with E-state index >= 15 is 0 Å². The van der Waals surface area contributed by atoms with Crippen molar-refractivity contribution in [3.8, 4) is 6.07 Å². The summed E-state index contributed by atoms with van der Waals surface area (Å²) < 4.78 is 38.0. The third kappa shape index (κ3) is 3.91. The zero-order valence-electron chi connectivity index (χ0n) is 12.4. The highest BCUT2D eigenvalue weighted by Gasteiger charge is 2.32. The Morgan fingerprint density at radius 2 is 1.92 bits per heavy atom. The SMILES string of the molecule is Cc1cc(C#N)cc(C(O)c2[nH]c(=O)[nH]c(=O)c2CC(F)(F)F)c1. The third-order valence-corrected chi connectivity index (χ3v) is 3.27. The highest BCUT2D eigenvalue weighted by Crippen LogP contribution is 2.27. The molecular formula is C15H12F3N3O3. The van der Waals surface area contributed by atoms with Gasteiger partial charge in [-0.2, -0.15) is 18.4 Å². The van der Waals surface area contributed by atoms with Crippen molar-refractivity contribution in [3.63, 3.8) is 0 Å². The van der Waals surface area contributed by atoms with Crippen LogP contribution in [0.4, 0.5) is 13.2 Å². The molecule has 1 aromatic heterocycles. The number of H-pyrrole nitrogens is 2. The second kappa shape index (κ2) is 6.33. The first-order chi connectivity index (χ1) is 11.1. The Hall–Kier alpha value is -2.86. The van der Waals surface area contributed by atoms with Crippen LogP contribution in [-0.4, -0.2) is 21.3 Å². The van der Waals surface area contributed by atoms with Gasteiger partial charge in [-0.25, -0.2) is 4.79 Å². The van der Waals surface area contributed by atoms with Crippen LogP contribution >= 0.6 is 0 Å². The summed E-state index contributed by atoms with van der Waals surface area (Å²) in [5.74, 6) is 0. The highest BCUT2D eigenvalue weighted by molar-refractivity contribution is 5.40. The maximum atomic E-state index is 12.7. The molecule has 0 fully saturated rings. The molecule has 6 nitrogen and oxygen atoms in total. The van der Waals surface area contributed by atoms with E-state index in [1.54, 1.807) is 11.9 Å². The van der Waals surface area contributed by atoms with Crippen LogP contribution in [0, 0.1) is 18.3 Å². The molecule has 0 saturated heterocycles. The van der Waals surface area contributed by atoms with Gasteiger partial charge in [0.15, 0.2) is 0 Å². The zero-order valence-corrected chi connectivity index (χ0v) is 12.4. The van der Waals surface area contributed by atoms with Gasteiger partial charge < -0.3 is 10.1 Å². The Balaban J connectivity index is 2.63. The van der Waals surface area contributed by atoms with Crippen LogP contribution in [0.2, 0.25) is 0 Å². The standard InChI is InChI=1S/C15H12F3N3O3/c1-7-2-8(6-19)4-9(3-7)12(22)11-10(5-15(16,17)18)13(23)21-14(24)20-11/h2-4,12,22H,5H2,1H3,(H2,20,21,23,24). The van der Waals surface area contributed by atoms with Crippen molar-refractivity contribution in [2.75, 3.05) is 0 Å². The van der Waals surface area contributed by atoms with Gasteiger partial charge in [0.2, 0.25) is 0 Å². The first-order valence-corrected chi connectivity index (χ1v) is 6.72. The molecule has 0 radical (unpaired) electrons. The Morgan fingerprint density at radius 3 is 2.50 bits per heavy atom. The van der Waals surface area contributed by atoms with Crippen LogP contribution in [0.25, 0.3) is 0 Å². The number of nitriles is 1. The lowest BCUT2D eigenvalue weighted by Crippen LogP contribution is -2.32. The van der Waals surface area contributed by atoms with Crippen molar-refractivity contribution >= 4 is 0 Å². The molecule has 0 spiro atoms. The predicted molar refractivity (Wildman–Crippen MR) is 77.4 cm³/mol. The van der Waals surface area contributed by atoms with Crippen molar-refractivity contribution in [2.24, 2.45) is 0 Å². The molecule has 24 heavy (non-hydrogen) atoms. The van der Waals surface area contributed by atoms with Gasteiger partial charge in [0.25, 0.3) is 5.56 Å². The van der Waals surface area contributed by atoms with E-state index in [-0.39, 0.29) is 11.1 Å². The van der Waals surface area contributed by atoms with E-state index in [0.29, 0.717) is 5.56 Å². The van der Waals surface area contributed by atoms with E-state index in [1.165, 1.54) is 18.2 Å². The summed E-state index contributed by atoms with van der Waals surface area (Å²) in [6.07, 6.45) is -8.00. The second-order valence-electron chi connectivity index (χ2n) is 5.24. The minimum absolute atomic E-state index is 0.0937. The average Bonchev–Trinajstić information content (AvgIpc) is 2.47. The molecule has 0 saturated carbocycles. The number of aliphatic hydroxyl groups is 1. The van der Waals surface area contributed by atoms with Crippen molar-refractivity contribution in [3.05, 3.63) is 67.0 Å². The number of aliphatic hydroxyl groups excluding tert-OH is 1. The van der Waals surface area contributed by atoms with E-state index in [0.717, 1.165) is 0 Å². The number of aromatic amines is 2. The monoisotopic (exact) mass is 339 g/mol. The molecule has 3 N–H and O–H groups in total. The fraction of sp³-hybridized carbons (Fsp3) is 0.267. The second-order valence-corrected chi connectivity index (χ2v) is 5.24. The molecular weight excluding hydrogens is 327 g/mol. The molecule has 1 heterocycles. The number of halogens is 3. The first kappa shape index (κ1) is 17.5. The fourth-order valence-corrected chi connectivity index (χ4v) is 2.34. The topological polar surface area (TPSA) is 110 Å². The first-order valence-electron chi connectivity index (χ1n) is 6.72. The molecule has 126 valence electrons. The maximum absolute atomic E-state index is 12.7. The molecule has 1 aromatic carbocycles. The maximum Gasteiger partial charge on any atom is 0.393 e. The summed E-state index contributed by atoms with van der Waals surface area (Å²) in [7, 11) is 0. The van der Waals surface area contributed by atoms with E-state index in [2.05, 4.69) is 4.98 Å². The lowest BCUT2D eigenvalue weighted by molar-refractivity contribution is -0.127. The van der Waals surface area contributed by atoms with Crippen molar-refractivity contribution in [1.29, 1.82) is 5.26 Å². The molecule has 0 amide bonds. The van der Waals surface area contributed by atoms with Crippen LogP contribution in [-0.2, 0) is 6.42 Å². The molecule has 0 aliphatic heterocycles. The number of hydrogen-bond acceptors (Lipinski definition) is 4. The molecule has 9 heteroatoms. The number of nitrogens with zero attached hydrogens (tertiary/aromatic N) is 1. The number of nitrogens with one attached hydrogen (secondary N) is 2. The number of benzene rings is 1. The molecule has 1 atom stereocenters. The average molecular weight is 339 g/mol. The molecule has 2 aromatic rings. The number of rotatable bonds is 3. The van der Waals surface area contributed by atoms with Gasteiger partial charge in [0, 0.05) is 5.56 Å². The Morgan fingerprint density at radius 1 is 1.25 bits per heavy atom. The van der Waals surface area contributed by atoms with Gasteiger partial charge in [-0.05, 0) is 30.2 Å². The van der Waals surface area contributed by atoms with Gasteiger partial charge in [-0.1, -0.05) is 6.07 Å². The van der Waals surface area contributed by atoms with E-state index in [1.807, 2.05) is 6.07 Å². The van der Waals surface area contributed by atoms with Crippen molar-refractivity contribution in [2.45, 2.75) is 25.6 Å². The van der Waals surface area contributed by atoms with E-state index < -0.39 is 41.2 Å². The summed E-state index contributed by atoms with van der Waals surface area (Å²) >= 11 is 0. The van der Waals surface area contributed by atoms with Crippen LogP contribution in [0.5, 0.6) is 0 Å². The van der Waals surface area contributed by atoms with Gasteiger partial charge in [0.05, 0.1) is 23.7 Å². The lowest BCUT2D eigenvalue weighted by atomic mass is 9.98. The van der Waals surface area contributed by atoms with E-state index in [9.17, 15) is 27.9 Å². The van der Waals surface area contributed by atoms with Crippen LogP contribution in [0.1, 0.15) is 34.1 Å². The number of alkyl halides is 3. The van der Waals surface area contributed by atoms with Crippen molar-refractivity contribution in [1.82, 2.24) is 9.97 Å². The number of aryl methyl sites for hydroxylation is 1. The van der Waals surface area contributed by atoms with Gasteiger partial charge in [-0.3, -0.25) is 9.78 Å². The summed E-state index contributed by atoms with van der Waals surface area (Å²) in [5, 5.41) is 19.3. The summed E-state index contributed by atoms with van der Waals surface area (Å²) in [6, 6.07) is 6.10. The van der Waals surface area contributed by atoms with Gasteiger partial charge >= 0.3 is 11.9 Å². The molecule has 0 aliphatic carbocycles. The third-order valence-electron chi connectivity index (χ3n) is 3.27. The van der Waals surface area contributed by atoms with E-state index in [4.69, 9.17) is 5.26 Å². The zero-order chi connectivity index (χ0) is 18.1. The largest absolute Gasteiger partial charge is 0.393 e. The summed E-state index contributed by atoms with van der Waals surface area (Å²) in [6.45, 7) is 1.63. The fourth-order valence-electron chi connectivity index (χ4n) is 2.34. The smallest absolute Gasteiger partial charge is 0.382 e. The molecule has 1 unspecified atom stereocenters.